The summed E-state index contributed by atoms with van der Waals surface area (Å²) in [5, 5.41) is 9.39. The summed E-state index contributed by atoms with van der Waals surface area (Å²) in [6.07, 6.45) is 3.53. The lowest BCUT2D eigenvalue weighted by Gasteiger charge is -2.01. The minimum absolute atomic E-state index is 0.195. The Morgan fingerprint density at radius 2 is 2.23 bits per heavy atom. The van der Waals surface area contributed by atoms with Gasteiger partial charge in [0.25, 0.3) is 0 Å². The van der Waals surface area contributed by atoms with Crippen LogP contribution >= 0.6 is 0 Å². The Morgan fingerprint density at radius 1 is 1.36 bits per heavy atom. The van der Waals surface area contributed by atoms with Gasteiger partial charge in [-0.15, -0.1) is 5.10 Å². The molecule has 0 atom stereocenters. The molecule has 3 rings (SSSR count). The Bertz CT molecular complexity index is 772. The topological polar surface area (TPSA) is 96.7 Å². The van der Waals surface area contributed by atoms with Crippen molar-refractivity contribution >= 4 is 11.9 Å². The summed E-state index contributed by atoms with van der Waals surface area (Å²) in [4.78, 5) is 20.4. The first-order valence-electron chi connectivity index (χ1n) is 6.80. The summed E-state index contributed by atoms with van der Waals surface area (Å²) in [5.74, 6) is 1.28. The van der Waals surface area contributed by atoms with Crippen molar-refractivity contribution in [1.82, 2.24) is 20.2 Å². The molecule has 2 N–H and O–H groups in total. The molecule has 0 radical (unpaired) electrons. The van der Waals surface area contributed by atoms with Gasteiger partial charge in [0.15, 0.2) is 5.82 Å². The van der Waals surface area contributed by atoms with E-state index >= 15 is 0 Å². The number of carbonyl (C=O) groups is 1. The van der Waals surface area contributed by atoms with Crippen LogP contribution < -0.4 is 5.32 Å². The number of nitrogens with one attached hydrogen (secondary N) is 2. The number of nitrogens with zero attached hydrogens (tertiary/aromatic N) is 3. The van der Waals surface area contributed by atoms with Gasteiger partial charge in [0.2, 0.25) is 11.9 Å². The van der Waals surface area contributed by atoms with Crippen LogP contribution in [0.3, 0.4) is 0 Å². The maximum atomic E-state index is 12.1. The average molecular weight is 297 g/mol. The van der Waals surface area contributed by atoms with Gasteiger partial charge >= 0.3 is 0 Å². The smallest absolute Gasteiger partial charge is 0.249 e. The zero-order valence-electron chi connectivity index (χ0n) is 12.3. The number of amides is 1. The van der Waals surface area contributed by atoms with Gasteiger partial charge < -0.3 is 4.42 Å². The van der Waals surface area contributed by atoms with E-state index in [9.17, 15) is 4.79 Å². The van der Waals surface area contributed by atoms with Gasteiger partial charge in [0, 0.05) is 11.8 Å². The van der Waals surface area contributed by atoms with E-state index in [1.165, 1.54) is 0 Å². The first-order chi connectivity index (χ1) is 10.6. The molecule has 7 heteroatoms. The van der Waals surface area contributed by atoms with Crippen molar-refractivity contribution in [3.8, 4) is 11.5 Å². The largest absolute Gasteiger partial charge is 0.469 e. The molecule has 0 aromatic carbocycles. The van der Waals surface area contributed by atoms with Gasteiger partial charge in [-0.25, -0.2) is 0 Å². The standard InChI is InChI=1S/C15H15N5O2/c1-9-8-22-10(2)11(9)7-13(21)17-15-18-14(19-20-15)12-5-3-4-6-16-12/h3-6,8H,7H2,1-2H3,(H2,17,18,19,20,21). The molecule has 0 aliphatic heterocycles. The van der Waals surface area contributed by atoms with Gasteiger partial charge in [-0.05, 0) is 31.5 Å². The number of carbonyl (C=O) groups excluding carboxylic acids is 1. The molecule has 3 heterocycles. The Kier molecular flexibility index (Phi) is 3.69. The van der Waals surface area contributed by atoms with E-state index in [0.29, 0.717) is 11.5 Å². The SMILES string of the molecule is Cc1coc(C)c1CC(=O)Nc1n[nH]c(-c2ccccn2)n1. The molecule has 0 bridgehead atoms. The number of hydrogen-bond donors (Lipinski definition) is 2. The van der Waals surface area contributed by atoms with Gasteiger partial charge in [0.1, 0.15) is 11.5 Å². The highest BCUT2D eigenvalue weighted by Crippen LogP contribution is 2.17. The number of aromatic amines is 1. The molecule has 7 nitrogen and oxygen atoms in total. The molecule has 0 saturated carbocycles. The minimum Gasteiger partial charge on any atom is -0.469 e. The molecule has 0 saturated heterocycles. The van der Waals surface area contributed by atoms with Crippen LogP contribution in [0.2, 0.25) is 0 Å². The fourth-order valence-corrected chi connectivity index (χ4v) is 2.13. The minimum atomic E-state index is -0.195. The van der Waals surface area contributed by atoms with Crippen LogP contribution in [-0.4, -0.2) is 26.1 Å². The van der Waals surface area contributed by atoms with Crippen LogP contribution in [-0.2, 0) is 11.2 Å². The highest BCUT2D eigenvalue weighted by molar-refractivity contribution is 5.91. The number of rotatable bonds is 4. The zero-order valence-corrected chi connectivity index (χ0v) is 12.3. The van der Waals surface area contributed by atoms with Crippen molar-refractivity contribution in [3.63, 3.8) is 0 Å². The van der Waals surface area contributed by atoms with Crippen molar-refractivity contribution in [2.45, 2.75) is 20.3 Å². The van der Waals surface area contributed by atoms with E-state index in [2.05, 4.69) is 25.5 Å². The van der Waals surface area contributed by atoms with Crippen molar-refractivity contribution < 1.29 is 9.21 Å². The molecule has 0 spiro atoms. The quantitative estimate of drug-likeness (QED) is 0.770. The van der Waals surface area contributed by atoms with E-state index in [1.807, 2.05) is 32.0 Å². The van der Waals surface area contributed by atoms with Crippen LogP contribution in [0, 0.1) is 13.8 Å². The third kappa shape index (κ3) is 2.88. The van der Waals surface area contributed by atoms with Crippen molar-refractivity contribution in [2.24, 2.45) is 0 Å². The highest BCUT2D eigenvalue weighted by Gasteiger charge is 2.14. The normalized spacial score (nSPS) is 10.6. The Morgan fingerprint density at radius 3 is 2.91 bits per heavy atom. The maximum absolute atomic E-state index is 12.1. The van der Waals surface area contributed by atoms with E-state index < -0.39 is 0 Å². The number of aromatic nitrogens is 4. The second-order valence-electron chi connectivity index (χ2n) is 4.90. The predicted octanol–water partition coefficient (Wildman–Crippen LogP) is 2.26. The molecule has 112 valence electrons. The molecular weight excluding hydrogens is 282 g/mol. The van der Waals surface area contributed by atoms with Crippen molar-refractivity contribution in [2.75, 3.05) is 5.32 Å². The second-order valence-corrected chi connectivity index (χ2v) is 4.90. The lowest BCUT2D eigenvalue weighted by Crippen LogP contribution is -2.16. The molecule has 22 heavy (non-hydrogen) atoms. The first-order valence-corrected chi connectivity index (χ1v) is 6.80. The summed E-state index contributed by atoms with van der Waals surface area (Å²) in [6.45, 7) is 3.74. The number of furan rings is 1. The predicted molar refractivity (Wildman–Crippen MR) is 80.1 cm³/mol. The fraction of sp³-hybridized carbons (Fsp3) is 0.200. The number of pyridine rings is 1. The molecule has 0 aliphatic carbocycles. The molecule has 3 aromatic rings. The van der Waals surface area contributed by atoms with E-state index in [0.717, 1.165) is 16.9 Å². The van der Waals surface area contributed by atoms with Crippen molar-refractivity contribution in [1.29, 1.82) is 0 Å². The summed E-state index contributed by atoms with van der Waals surface area (Å²) >= 11 is 0. The highest BCUT2D eigenvalue weighted by atomic mass is 16.3. The maximum Gasteiger partial charge on any atom is 0.249 e. The molecule has 0 fully saturated rings. The van der Waals surface area contributed by atoms with E-state index in [-0.39, 0.29) is 18.3 Å². The van der Waals surface area contributed by atoms with Gasteiger partial charge in [0.05, 0.1) is 12.7 Å². The third-order valence-corrected chi connectivity index (χ3v) is 3.29. The molecular formula is C15H15N5O2. The Balaban J connectivity index is 1.69. The number of hydrogen-bond acceptors (Lipinski definition) is 5. The van der Waals surface area contributed by atoms with Crippen LogP contribution in [0.1, 0.15) is 16.9 Å². The van der Waals surface area contributed by atoms with Gasteiger partial charge in [-0.2, -0.15) is 4.98 Å². The Labute approximate surface area is 126 Å². The first kappa shape index (κ1) is 14.0. The van der Waals surface area contributed by atoms with Crippen LogP contribution in [0.4, 0.5) is 5.95 Å². The number of H-pyrrole nitrogens is 1. The van der Waals surface area contributed by atoms with Gasteiger partial charge in [-0.1, -0.05) is 6.07 Å². The Hall–Kier alpha value is -2.96. The van der Waals surface area contributed by atoms with E-state index in [4.69, 9.17) is 4.42 Å². The monoisotopic (exact) mass is 297 g/mol. The summed E-state index contributed by atoms with van der Waals surface area (Å²) < 4.78 is 5.28. The third-order valence-electron chi connectivity index (χ3n) is 3.29. The van der Waals surface area contributed by atoms with Crippen LogP contribution in [0.25, 0.3) is 11.5 Å². The lowest BCUT2D eigenvalue weighted by atomic mass is 10.1. The van der Waals surface area contributed by atoms with E-state index in [1.54, 1.807) is 12.5 Å². The summed E-state index contributed by atoms with van der Waals surface area (Å²) in [6, 6.07) is 5.48. The molecule has 0 unspecified atom stereocenters. The fourth-order valence-electron chi connectivity index (χ4n) is 2.13. The van der Waals surface area contributed by atoms with Gasteiger partial charge in [-0.3, -0.25) is 20.2 Å². The van der Waals surface area contributed by atoms with Crippen LogP contribution in [0.15, 0.2) is 35.1 Å². The summed E-state index contributed by atoms with van der Waals surface area (Å²) in [7, 11) is 0. The van der Waals surface area contributed by atoms with Crippen molar-refractivity contribution in [3.05, 3.63) is 47.5 Å². The zero-order chi connectivity index (χ0) is 15.5. The lowest BCUT2D eigenvalue weighted by molar-refractivity contribution is -0.115. The summed E-state index contributed by atoms with van der Waals surface area (Å²) in [5.41, 5.74) is 2.51. The molecule has 0 aliphatic rings. The molecule has 3 aromatic heterocycles. The number of aryl methyl sites for hydroxylation is 2. The van der Waals surface area contributed by atoms with Crippen LogP contribution in [0.5, 0.6) is 0 Å². The second kappa shape index (κ2) is 5.80. The number of anilines is 1. The average Bonchev–Trinajstić information content (AvgIpc) is 3.10. The molecule has 1 amide bonds.